The van der Waals surface area contributed by atoms with Crippen LogP contribution in [0.15, 0.2) is 53.4 Å². The summed E-state index contributed by atoms with van der Waals surface area (Å²) in [5.41, 5.74) is 1.54. The van der Waals surface area contributed by atoms with Gasteiger partial charge in [-0.05, 0) is 64.1 Å². The average molecular weight is 376 g/mol. The molecule has 0 spiro atoms. The Morgan fingerprint density at radius 1 is 0.962 bits per heavy atom. The fraction of sp³-hybridized carbons (Fsp3) is 0.316. The predicted molar refractivity (Wildman–Crippen MR) is 102 cm³/mol. The predicted octanol–water partition coefficient (Wildman–Crippen LogP) is 3.09. The summed E-state index contributed by atoms with van der Waals surface area (Å²) in [6.45, 7) is 7.30. The molecular weight excluding hydrogens is 352 g/mol. The van der Waals surface area contributed by atoms with Crippen molar-refractivity contribution >= 4 is 21.6 Å². The lowest BCUT2D eigenvalue weighted by atomic mass is 10.2. The largest absolute Gasteiger partial charge is 0.481 e. The van der Waals surface area contributed by atoms with Crippen molar-refractivity contribution in [2.45, 2.75) is 44.7 Å². The third kappa shape index (κ3) is 5.49. The van der Waals surface area contributed by atoms with E-state index < -0.39 is 16.1 Å². The van der Waals surface area contributed by atoms with Crippen LogP contribution < -0.4 is 14.8 Å². The maximum absolute atomic E-state index is 12.4. The Kier molecular flexibility index (Phi) is 6.26. The highest BCUT2D eigenvalue weighted by Gasteiger charge is 2.17. The Balaban J connectivity index is 2.05. The summed E-state index contributed by atoms with van der Waals surface area (Å²) in [7, 11) is -3.69. The van der Waals surface area contributed by atoms with E-state index in [1.807, 2.05) is 32.9 Å². The fourth-order valence-electron chi connectivity index (χ4n) is 2.19. The van der Waals surface area contributed by atoms with Crippen LogP contribution >= 0.6 is 0 Å². The van der Waals surface area contributed by atoms with Crippen LogP contribution in [0.4, 0.5) is 5.69 Å². The molecule has 1 amide bonds. The van der Waals surface area contributed by atoms with E-state index in [1.54, 1.807) is 19.1 Å². The maximum Gasteiger partial charge on any atom is 0.261 e. The molecule has 2 aromatic rings. The number of rotatable bonds is 7. The smallest absolute Gasteiger partial charge is 0.261 e. The van der Waals surface area contributed by atoms with E-state index in [0.717, 1.165) is 5.56 Å². The summed E-state index contributed by atoms with van der Waals surface area (Å²) in [4.78, 5) is 12.0. The lowest BCUT2D eigenvalue weighted by molar-refractivity contribution is -0.127. The third-order valence-electron chi connectivity index (χ3n) is 3.55. The number of carbonyl (C=O) groups excluding carboxylic acids is 1. The second kappa shape index (κ2) is 8.23. The van der Waals surface area contributed by atoms with Crippen LogP contribution in [0.3, 0.4) is 0 Å². The van der Waals surface area contributed by atoms with Crippen molar-refractivity contribution in [1.29, 1.82) is 0 Å². The molecule has 6 nitrogen and oxygen atoms in total. The SMILES string of the molecule is Cc1ccc(NS(=O)(=O)c2ccc(O[C@H](C)C(=O)NC(C)C)cc2)cc1. The maximum atomic E-state index is 12.4. The number of aryl methyl sites for hydroxylation is 1. The van der Waals surface area contributed by atoms with Gasteiger partial charge in [-0.3, -0.25) is 9.52 Å². The van der Waals surface area contributed by atoms with E-state index in [0.29, 0.717) is 11.4 Å². The first kappa shape index (κ1) is 19.8. The Labute approximate surface area is 154 Å². The normalized spacial score (nSPS) is 12.5. The lowest BCUT2D eigenvalue weighted by Crippen LogP contribution is -2.40. The number of nitrogens with one attached hydrogen (secondary N) is 2. The van der Waals surface area contributed by atoms with Gasteiger partial charge in [-0.25, -0.2) is 8.42 Å². The van der Waals surface area contributed by atoms with Crippen LogP contribution in [0.1, 0.15) is 26.3 Å². The van der Waals surface area contributed by atoms with E-state index in [1.165, 1.54) is 24.3 Å². The molecule has 7 heteroatoms. The minimum Gasteiger partial charge on any atom is -0.481 e. The van der Waals surface area contributed by atoms with Gasteiger partial charge in [0, 0.05) is 11.7 Å². The second-order valence-electron chi connectivity index (χ2n) is 6.37. The molecule has 0 saturated heterocycles. The number of carbonyl (C=O) groups is 1. The number of sulfonamides is 1. The monoisotopic (exact) mass is 376 g/mol. The number of ether oxygens (including phenoxy) is 1. The van der Waals surface area contributed by atoms with Crippen molar-refractivity contribution in [2.24, 2.45) is 0 Å². The van der Waals surface area contributed by atoms with E-state index in [2.05, 4.69) is 10.0 Å². The standard InChI is InChI=1S/C19H24N2O4S/c1-13(2)20-19(22)15(4)25-17-9-11-18(12-10-17)26(23,24)21-16-7-5-14(3)6-8-16/h5-13,15,21H,1-4H3,(H,20,22)/t15-/m1/s1. The van der Waals surface area contributed by atoms with Gasteiger partial charge in [0.05, 0.1) is 4.90 Å². The van der Waals surface area contributed by atoms with Gasteiger partial charge in [-0.1, -0.05) is 17.7 Å². The lowest BCUT2D eigenvalue weighted by Gasteiger charge is -2.16. The van der Waals surface area contributed by atoms with Gasteiger partial charge in [0.15, 0.2) is 6.10 Å². The van der Waals surface area contributed by atoms with Crippen LogP contribution in [-0.4, -0.2) is 26.5 Å². The Morgan fingerprint density at radius 3 is 2.08 bits per heavy atom. The zero-order chi connectivity index (χ0) is 19.3. The summed E-state index contributed by atoms with van der Waals surface area (Å²) < 4.78 is 32.9. The summed E-state index contributed by atoms with van der Waals surface area (Å²) in [6.07, 6.45) is -0.675. The first-order valence-electron chi connectivity index (χ1n) is 8.34. The number of anilines is 1. The molecule has 26 heavy (non-hydrogen) atoms. The third-order valence-corrected chi connectivity index (χ3v) is 4.95. The molecule has 0 bridgehead atoms. The van der Waals surface area contributed by atoms with Gasteiger partial charge >= 0.3 is 0 Å². The van der Waals surface area contributed by atoms with E-state index >= 15 is 0 Å². The minimum absolute atomic E-state index is 0.0221. The van der Waals surface area contributed by atoms with Gasteiger partial charge in [0.25, 0.3) is 15.9 Å². The van der Waals surface area contributed by atoms with Crippen molar-refractivity contribution in [2.75, 3.05) is 4.72 Å². The molecule has 0 fully saturated rings. The second-order valence-corrected chi connectivity index (χ2v) is 8.05. The number of benzene rings is 2. The molecule has 1 atom stereocenters. The van der Waals surface area contributed by atoms with Gasteiger partial charge in [0.1, 0.15) is 5.75 Å². The molecule has 2 N–H and O–H groups in total. The molecule has 2 rings (SSSR count). The number of hydrogen-bond acceptors (Lipinski definition) is 4. The van der Waals surface area contributed by atoms with E-state index in [9.17, 15) is 13.2 Å². The molecule has 0 unspecified atom stereocenters. The minimum atomic E-state index is -3.69. The van der Waals surface area contributed by atoms with Crippen LogP contribution in [0.5, 0.6) is 5.75 Å². The molecule has 0 aliphatic heterocycles. The van der Waals surface area contributed by atoms with Gasteiger partial charge in [-0.15, -0.1) is 0 Å². The molecular formula is C19H24N2O4S. The van der Waals surface area contributed by atoms with E-state index in [-0.39, 0.29) is 16.8 Å². The Morgan fingerprint density at radius 2 is 1.54 bits per heavy atom. The van der Waals surface area contributed by atoms with Gasteiger partial charge in [-0.2, -0.15) is 0 Å². The molecule has 0 aromatic heterocycles. The van der Waals surface area contributed by atoms with Crippen LogP contribution in [0.2, 0.25) is 0 Å². The topological polar surface area (TPSA) is 84.5 Å². The zero-order valence-electron chi connectivity index (χ0n) is 15.3. The summed E-state index contributed by atoms with van der Waals surface area (Å²) in [6, 6.07) is 13.0. The highest BCUT2D eigenvalue weighted by molar-refractivity contribution is 7.92. The van der Waals surface area contributed by atoms with Crippen molar-refractivity contribution in [1.82, 2.24) is 5.32 Å². The first-order chi connectivity index (χ1) is 12.2. The van der Waals surface area contributed by atoms with Crippen molar-refractivity contribution in [3.8, 4) is 5.75 Å². The molecule has 0 aliphatic carbocycles. The summed E-state index contributed by atoms with van der Waals surface area (Å²) in [5, 5.41) is 2.76. The highest BCUT2D eigenvalue weighted by atomic mass is 32.2. The molecule has 0 radical (unpaired) electrons. The highest BCUT2D eigenvalue weighted by Crippen LogP contribution is 2.20. The van der Waals surface area contributed by atoms with Gasteiger partial charge in [0.2, 0.25) is 0 Å². The molecule has 140 valence electrons. The molecule has 0 heterocycles. The summed E-state index contributed by atoms with van der Waals surface area (Å²) >= 11 is 0. The molecule has 0 saturated carbocycles. The fourth-order valence-corrected chi connectivity index (χ4v) is 3.25. The van der Waals surface area contributed by atoms with Crippen molar-refractivity contribution < 1.29 is 17.9 Å². The van der Waals surface area contributed by atoms with Crippen LogP contribution in [0.25, 0.3) is 0 Å². The number of amides is 1. The van der Waals surface area contributed by atoms with Crippen LogP contribution in [-0.2, 0) is 14.8 Å². The Bertz CT molecular complexity index is 844. The van der Waals surface area contributed by atoms with E-state index in [4.69, 9.17) is 4.74 Å². The molecule has 2 aromatic carbocycles. The Hall–Kier alpha value is -2.54. The first-order valence-corrected chi connectivity index (χ1v) is 9.82. The number of hydrogen-bond donors (Lipinski definition) is 2. The van der Waals surface area contributed by atoms with Crippen molar-refractivity contribution in [3.63, 3.8) is 0 Å². The van der Waals surface area contributed by atoms with Crippen LogP contribution in [0, 0.1) is 6.92 Å². The summed E-state index contributed by atoms with van der Waals surface area (Å²) in [5.74, 6) is 0.198. The van der Waals surface area contributed by atoms with Gasteiger partial charge < -0.3 is 10.1 Å². The zero-order valence-corrected chi connectivity index (χ0v) is 16.1. The molecule has 0 aliphatic rings. The average Bonchev–Trinajstić information content (AvgIpc) is 2.56. The van der Waals surface area contributed by atoms with Crippen molar-refractivity contribution in [3.05, 3.63) is 54.1 Å². The quantitative estimate of drug-likeness (QED) is 0.778.